The second-order valence-corrected chi connectivity index (χ2v) is 7.28. The number of piperidine rings is 1. The van der Waals surface area contributed by atoms with E-state index in [0.29, 0.717) is 19.2 Å². The monoisotopic (exact) mass is 381 g/mol. The lowest BCUT2D eigenvalue weighted by atomic mass is 10.0. The second-order valence-electron chi connectivity index (χ2n) is 7.28. The van der Waals surface area contributed by atoms with Crippen molar-refractivity contribution in [3.8, 4) is 5.75 Å². The smallest absolute Gasteiger partial charge is 0.180 e. The van der Waals surface area contributed by atoms with Crippen molar-refractivity contribution in [1.29, 1.82) is 0 Å². The van der Waals surface area contributed by atoms with Gasteiger partial charge in [0.15, 0.2) is 5.78 Å². The van der Waals surface area contributed by atoms with Gasteiger partial charge in [0.2, 0.25) is 0 Å². The zero-order valence-corrected chi connectivity index (χ0v) is 16.6. The van der Waals surface area contributed by atoms with Crippen LogP contribution in [0.2, 0.25) is 0 Å². The first-order valence-electron chi connectivity index (χ1n) is 9.61. The third-order valence-corrected chi connectivity index (χ3v) is 5.29. The highest BCUT2D eigenvalue weighted by molar-refractivity contribution is 6.00. The molecule has 0 spiro atoms. The highest BCUT2D eigenvalue weighted by atomic mass is 35.5. The van der Waals surface area contributed by atoms with Crippen molar-refractivity contribution in [3.05, 3.63) is 29.8 Å². The molecule has 1 unspecified atom stereocenters. The standard InChI is InChI=1S/C20H31N3O2.ClH/c1-22-11-13-23(14-12-22)16-19(24)18-7-2-3-8-20(18)25-15-9-17-6-4-5-10-21-17;/h2-3,7-8,17,21H,4-6,9-16H2,1H3;1H. The Hall–Kier alpha value is -1.14. The number of nitrogens with one attached hydrogen (secondary N) is 1. The molecule has 2 saturated heterocycles. The summed E-state index contributed by atoms with van der Waals surface area (Å²) in [5, 5.41) is 3.54. The van der Waals surface area contributed by atoms with Crippen molar-refractivity contribution in [2.45, 2.75) is 31.7 Å². The Morgan fingerprint density at radius 1 is 1.19 bits per heavy atom. The summed E-state index contributed by atoms with van der Waals surface area (Å²) in [6, 6.07) is 8.24. The molecule has 0 amide bonds. The van der Waals surface area contributed by atoms with E-state index in [4.69, 9.17) is 4.74 Å². The van der Waals surface area contributed by atoms with Crippen LogP contribution in [0.5, 0.6) is 5.75 Å². The molecule has 0 bridgehead atoms. The molecular formula is C20H32ClN3O2. The molecule has 0 saturated carbocycles. The molecular weight excluding hydrogens is 350 g/mol. The van der Waals surface area contributed by atoms with Gasteiger partial charge in [-0.3, -0.25) is 9.69 Å². The summed E-state index contributed by atoms with van der Waals surface area (Å²) in [7, 11) is 2.13. The van der Waals surface area contributed by atoms with Crippen LogP contribution < -0.4 is 10.1 Å². The molecule has 1 atom stereocenters. The van der Waals surface area contributed by atoms with Crippen molar-refractivity contribution in [1.82, 2.24) is 15.1 Å². The number of Topliss-reactive ketones (excluding diaryl/α,β-unsaturated/α-hetero) is 1. The Morgan fingerprint density at radius 3 is 2.69 bits per heavy atom. The van der Waals surface area contributed by atoms with Crippen LogP contribution in [0, 0.1) is 0 Å². The van der Waals surface area contributed by atoms with Crippen LogP contribution in [0.1, 0.15) is 36.0 Å². The maximum absolute atomic E-state index is 12.7. The number of ether oxygens (including phenoxy) is 1. The molecule has 0 aliphatic carbocycles. The fourth-order valence-electron chi connectivity index (χ4n) is 3.60. The first-order chi connectivity index (χ1) is 12.2. The molecule has 2 heterocycles. The maximum atomic E-state index is 12.7. The number of rotatable bonds is 7. The molecule has 1 aromatic carbocycles. The third-order valence-electron chi connectivity index (χ3n) is 5.29. The molecule has 2 aliphatic heterocycles. The number of hydrogen-bond donors (Lipinski definition) is 1. The number of halogens is 1. The van der Waals surface area contributed by atoms with Crippen LogP contribution in [0.3, 0.4) is 0 Å². The number of ketones is 1. The van der Waals surface area contributed by atoms with Gasteiger partial charge in [0.1, 0.15) is 5.75 Å². The number of likely N-dealkylation sites (N-methyl/N-ethyl adjacent to an activating group) is 1. The molecule has 146 valence electrons. The molecule has 1 N–H and O–H groups in total. The van der Waals surface area contributed by atoms with Gasteiger partial charge in [-0.1, -0.05) is 18.6 Å². The Balaban J connectivity index is 0.00000243. The average Bonchev–Trinajstić information content (AvgIpc) is 2.65. The first-order valence-corrected chi connectivity index (χ1v) is 9.61. The Bertz CT molecular complexity index is 556. The van der Waals surface area contributed by atoms with Crippen LogP contribution in [0.15, 0.2) is 24.3 Å². The molecule has 1 aromatic rings. The zero-order chi connectivity index (χ0) is 17.5. The number of para-hydroxylation sites is 1. The number of piperazine rings is 1. The third kappa shape index (κ3) is 6.23. The van der Waals surface area contributed by atoms with Gasteiger partial charge in [0, 0.05) is 32.2 Å². The van der Waals surface area contributed by atoms with Crippen LogP contribution >= 0.6 is 12.4 Å². The zero-order valence-electron chi connectivity index (χ0n) is 15.8. The van der Waals surface area contributed by atoms with Crippen molar-refractivity contribution in [2.24, 2.45) is 0 Å². The topological polar surface area (TPSA) is 44.8 Å². The number of carbonyl (C=O) groups excluding carboxylic acids is 1. The van der Waals surface area contributed by atoms with Crippen LogP contribution in [-0.2, 0) is 0 Å². The first kappa shape index (κ1) is 21.2. The van der Waals surface area contributed by atoms with Gasteiger partial charge >= 0.3 is 0 Å². The summed E-state index contributed by atoms with van der Waals surface area (Å²) >= 11 is 0. The quantitative estimate of drug-likeness (QED) is 0.735. The van der Waals surface area contributed by atoms with Crippen molar-refractivity contribution < 1.29 is 9.53 Å². The SMILES string of the molecule is CN1CCN(CC(=O)c2ccccc2OCCC2CCCCN2)CC1.Cl. The largest absolute Gasteiger partial charge is 0.493 e. The highest BCUT2D eigenvalue weighted by Gasteiger charge is 2.20. The highest BCUT2D eigenvalue weighted by Crippen LogP contribution is 2.20. The lowest BCUT2D eigenvalue weighted by molar-refractivity contribution is 0.0872. The summed E-state index contributed by atoms with van der Waals surface area (Å²) in [5.41, 5.74) is 0.720. The molecule has 0 aromatic heterocycles. The lowest BCUT2D eigenvalue weighted by Gasteiger charge is -2.31. The van der Waals surface area contributed by atoms with Gasteiger partial charge in [0.25, 0.3) is 0 Å². The van der Waals surface area contributed by atoms with E-state index in [9.17, 15) is 4.79 Å². The van der Waals surface area contributed by atoms with Gasteiger partial charge in [-0.05, 0) is 45.0 Å². The molecule has 26 heavy (non-hydrogen) atoms. The van der Waals surface area contributed by atoms with E-state index in [2.05, 4.69) is 22.2 Å². The Morgan fingerprint density at radius 2 is 1.96 bits per heavy atom. The predicted molar refractivity (Wildman–Crippen MR) is 108 cm³/mol. The van der Waals surface area contributed by atoms with E-state index in [-0.39, 0.29) is 18.2 Å². The molecule has 2 aliphatic rings. The molecule has 2 fully saturated rings. The van der Waals surface area contributed by atoms with Gasteiger partial charge in [-0.25, -0.2) is 0 Å². The number of nitrogens with zero attached hydrogens (tertiary/aromatic N) is 2. The van der Waals surface area contributed by atoms with Crippen molar-refractivity contribution >= 4 is 18.2 Å². The molecule has 0 radical (unpaired) electrons. The van der Waals surface area contributed by atoms with Gasteiger partial charge in [-0.2, -0.15) is 0 Å². The summed E-state index contributed by atoms with van der Waals surface area (Å²) in [6.45, 7) is 6.23. The Labute approximate surface area is 163 Å². The Kier molecular flexibility index (Phi) is 8.85. The molecule has 6 heteroatoms. The fraction of sp³-hybridized carbons (Fsp3) is 0.650. The maximum Gasteiger partial charge on any atom is 0.180 e. The minimum Gasteiger partial charge on any atom is -0.493 e. The van der Waals surface area contributed by atoms with Gasteiger partial charge < -0.3 is 15.0 Å². The van der Waals surface area contributed by atoms with E-state index in [1.165, 1.54) is 19.3 Å². The van der Waals surface area contributed by atoms with Crippen LogP contribution in [-0.4, -0.2) is 74.5 Å². The van der Waals surface area contributed by atoms with Crippen LogP contribution in [0.25, 0.3) is 0 Å². The van der Waals surface area contributed by atoms with E-state index < -0.39 is 0 Å². The predicted octanol–water partition coefficient (Wildman–Crippen LogP) is 2.45. The second kappa shape index (κ2) is 10.9. The summed E-state index contributed by atoms with van der Waals surface area (Å²) in [5.74, 6) is 0.897. The summed E-state index contributed by atoms with van der Waals surface area (Å²) in [4.78, 5) is 17.3. The van der Waals surface area contributed by atoms with E-state index >= 15 is 0 Å². The normalized spacial score (nSPS) is 21.8. The van der Waals surface area contributed by atoms with Crippen molar-refractivity contribution in [3.63, 3.8) is 0 Å². The van der Waals surface area contributed by atoms with Gasteiger partial charge in [-0.15, -0.1) is 12.4 Å². The molecule has 5 nitrogen and oxygen atoms in total. The molecule has 3 rings (SSSR count). The number of hydrogen-bond acceptors (Lipinski definition) is 5. The van der Waals surface area contributed by atoms with E-state index in [0.717, 1.165) is 50.5 Å². The number of benzene rings is 1. The lowest BCUT2D eigenvalue weighted by Crippen LogP contribution is -2.46. The van der Waals surface area contributed by atoms with E-state index in [1.807, 2.05) is 24.3 Å². The number of carbonyl (C=O) groups is 1. The van der Waals surface area contributed by atoms with Crippen LogP contribution in [0.4, 0.5) is 0 Å². The fourth-order valence-corrected chi connectivity index (χ4v) is 3.60. The minimum atomic E-state index is 0. The summed E-state index contributed by atoms with van der Waals surface area (Å²) < 4.78 is 5.98. The van der Waals surface area contributed by atoms with E-state index in [1.54, 1.807) is 0 Å². The minimum absolute atomic E-state index is 0. The average molecular weight is 382 g/mol. The summed E-state index contributed by atoms with van der Waals surface area (Å²) in [6.07, 6.45) is 4.81. The van der Waals surface area contributed by atoms with Gasteiger partial charge in [0.05, 0.1) is 18.7 Å². The van der Waals surface area contributed by atoms with Crippen molar-refractivity contribution in [2.75, 3.05) is 52.9 Å².